The van der Waals surface area contributed by atoms with Gasteiger partial charge in [-0.3, -0.25) is 4.79 Å². The van der Waals surface area contributed by atoms with Crippen LogP contribution in [0.1, 0.15) is 36.2 Å². The lowest BCUT2D eigenvalue weighted by Crippen LogP contribution is -2.13. The highest BCUT2D eigenvalue weighted by atomic mass is 16.5. The van der Waals surface area contributed by atoms with Gasteiger partial charge in [0.05, 0.1) is 6.61 Å². The summed E-state index contributed by atoms with van der Waals surface area (Å²) >= 11 is 0. The quantitative estimate of drug-likeness (QED) is 0.841. The number of hydrogen-bond acceptors (Lipinski definition) is 2. The number of ether oxygens (including phenoxy) is 1. The number of aryl methyl sites for hydroxylation is 1. The van der Waals surface area contributed by atoms with Crippen molar-refractivity contribution in [2.24, 2.45) is 5.92 Å². The summed E-state index contributed by atoms with van der Waals surface area (Å²) in [6.45, 7) is 6.96. The van der Waals surface area contributed by atoms with E-state index in [0.29, 0.717) is 18.1 Å². The van der Waals surface area contributed by atoms with Gasteiger partial charge >= 0.3 is 0 Å². The summed E-state index contributed by atoms with van der Waals surface area (Å²) in [5.74, 6) is 1.30. The van der Waals surface area contributed by atoms with Crippen molar-refractivity contribution in [3.63, 3.8) is 0 Å². The van der Waals surface area contributed by atoms with Gasteiger partial charge in [-0.25, -0.2) is 0 Å². The predicted octanol–water partition coefficient (Wildman–Crippen LogP) is 4.67. The molecule has 2 aromatic carbocycles. The van der Waals surface area contributed by atoms with E-state index in [2.05, 4.69) is 19.2 Å². The lowest BCUT2D eigenvalue weighted by molar-refractivity contribution is 0.102. The first-order valence-electron chi connectivity index (χ1n) is 7.66. The van der Waals surface area contributed by atoms with Crippen LogP contribution in [0, 0.1) is 12.8 Å². The van der Waals surface area contributed by atoms with Crippen LogP contribution in [0.4, 0.5) is 5.69 Å². The Morgan fingerprint density at radius 2 is 1.91 bits per heavy atom. The van der Waals surface area contributed by atoms with Crippen LogP contribution in [0.5, 0.6) is 5.75 Å². The summed E-state index contributed by atoms with van der Waals surface area (Å²) < 4.78 is 5.72. The highest BCUT2D eigenvalue weighted by Crippen LogP contribution is 2.19. The monoisotopic (exact) mass is 297 g/mol. The second-order valence-electron chi connectivity index (χ2n) is 5.83. The predicted molar refractivity (Wildman–Crippen MR) is 90.5 cm³/mol. The highest BCUT2D eigenvalue weighted by molar-refractivity contribution is 6.05. The molecule has 1 N–H and O–H groups in total. The lowest BCUT2D eigenvalue weighted by atomic mass is 10.1. The van der Waals surface area contributed by atoms with Gasteiger partial charge in [-0.05, 0) is 43.0 Å². The van der Waals surface area contributed by atoms with E-state index in [-0.39, 0.29) is 5.91 Å². The van der Waals surface area contributed by atoms with Gasteiger partial charge in [-0.2, -0.15) is 0 Å². The van der Waals surface area contributed by atoms with E-state index in [1.807, 2.05) is 55.5 Å². The van der Waals surface area contributed by atoms with E-state index in [4.69, 9.17) is 4.74 Å². The molecule has 0 saturated heterocycles. The molecule has 3 nitrogen and oxygen atoms in total. The first kappa shape index (κ1) is 16.1. The Balaban J connectivity index is 2.01. The molecule has 1 amide bonds. The van der Waals surface area contributed by atoms with Gasteiger partial charge in [0.1, 0.15) is 5.75 Å². The topological polar surface area (TPSA) is 38.3 Å². The average molecular weight is 297 g/mol. The maximum absolute atomic E-state index is 12.3. The zero-order valence-electron chi connectivity index (χ0n) is 13.4. The van der Waals surface area contributed by atoms with Crippen LogP contribution >= 0.6 is 0 Å². The molecule has 0 fully saturated rings. The molecule has 0 aliphatic rings. The molecule has 0 aliphatic carbocycles. The molecule has 3 heteroatoms. The number of hydrogen-bond donors (Lipinski definition) is 1. The molecule has 0 aromatic heterocycles. The van der Waals surface area contributed by atoms with Crippen LogP contribution in [0.3, 0.4) is 0 Å². The third-order valence-corrected chi connectivity index (χ3v) is 3.45. The Kier molecular flexibility index (Phi) is 5.59. The molecule has 0 aliphatic heterocycles. The van der Waals surface area contributed by atoms with Crippen LogP contribution in [-0.4, -0.2) is 12.5 Å². The van der Waals surface area contributed by atoms with Crippen LogP contribution in [-0.2, 0) is 0 Å². The molecule has 22 heavy (non-hydrogen) atoms. The number of carbonyl (C=O) groups is 1. The van der Waals surface area contributed by atoms with Gasteiger partial charge in [0.25, 0.3) is 5.91 Å². The number of rotatable bonds is 6. The normalized spacial score (nSPS) is 10.5. The summed E-state index contributed by atoms with van der Waals surface area (Å²) in [5, 5.41) is 2.92. The van der Waals surface area contributed by atoms with Gasteiger partial charge in [0.15, 0.2) is 0 Å². The van der Waals surface area contributed by atoms with E-state index in [9.17, 15) is 4.79 Å². The van der Waals surface area contributed by atoms with Crippen molar-refractivity contribution < 1.29 is 9.53 Å². The van der Waals surface area contributed by atoms with Gasteiger partial charge in [0, 0.05) is 17.3 Å². The van der Waals surface area contributed by atoms with E-state index in [1.165, 1.54) is 0 Å². The Bertz CT molecular complexity index is 635. The fourth-order valence-corrected chi connectivity index (χ4v) is 2.10. The standard InChI is InChI=1S/C19H23NO2/c1-14(2)11-12-22-17-9-6-8-16(13-17)20-19(21)18-10-5-4-7-15(18)3/h4-10,13-14H,11-12H2,1-3H3,(H,20,21). The number of nitrogens with one attached hydrogen (secondary N) is 1. The lowest BCUT2D eigenvalue weighted by Gasteiger charge is -2.11. The average Bonchev–Trinajstić information content (AvgIpc) is 2.47. The molecule has 0 heterocycles. The van der Waals surface area contributed by atoms with Crippen LogP contribution in [0.25, 0.3) is 0 Å². The Morgan fingerprint density at radius 1 is 1.14 bits per heavy atom. The van der Waals surface area contributed by atoms with Crippen molar-refractivity contribution in [1.82, 2.24) is 0 Å². The molecule has 0 atom stereocenters. The maximum Gasteiger partial charge on any atom is 0.255 e. The third kappa shape index (κ3) is 4.62. The number of carbonyl (C=O) groups excluding carboxylic acids is 1. The van der Waals surface area contributed by atoms with E-state index in [0.717, 1.165) is 23.4 Å². The maximum atomic E-state index is 12.3. The van der Waals surface area contributed by atoms with Crippen molar-refractivity contribution in [3.05, 3.63) is 59.7 Å². The molecule has 0 radical (unpaired) electrons. The summed E-state index contributed by atoms with van der Waals surface area (Å²) in [5.41, 5.74) is 2.40. The highest BCUT2D eigenvalue weighted by Gasteiger charge is 2.08. The van der Waals surface area contributed by atoms with Crippen LogP contribution < -0.4 is 10.1 Å². The Hall–Kier alpha value is -2.29. The molecule has 0 spiro atoms. The van der Waals surface area contributed by atoms with Crippen LogP contribution in [0.2, 0.25) is 0 Å². The largest absolute Gasteiger partial charge is 0.494 e. The van der Waals surface area contributed by atoms with Crippen molar-refractivity contribution in [3.8, 4) is 5.75 Å². The van der Waals surface area contributed by atoms with Crippen molar-refractivity contribution in [2.45, 2.75) is 27.2 Å². The SMILES string of the molecule is Cc1ccccc1C(=O)Nc1cccc(OCCC(C)C)c1. The fraction of sp³-hybridized carbons (Fsp3) is 0.316. The molecular formula is C19H23NO2. The summed E-state index contributed by atoms with van der Waals surface area (Å²) in [6, 6.07) is 15.1. The first-order chi connectivity index (χ1) is 10.6. The molecular weight excluding hydrogens is 274 g/mol. The molecule has 0 bridgehead atoms. The van der Waals surface area contributed by atoms with Crippen molar-refractivity contribution in [2.75, 3.05) is 11.9 Å². The van der Waals surface area contributed by atoms with Crippen molar-refractivity contribution in [1.29, 1.82) is 0 Å². The van der Waals surface area contributed by atoms with Gasteiger partial charge in [0.2, 0.25) is 0 Å². The molecule has 2 aromatic rings. The van der Waals surface area contributed by atoms with Gasteiger partial charge < -0.3 is 10.1 Å². The fourth-order valence-electron chi connectivity index (χ4n) is 2.10. The number of benzene rings is 2. The minimum absolute atomic E-state index is 0.0996. The Labute approximate surface area is 132 Å². The van der Waals surface area contributed by atoms with Gasteiger partial charge in [-0.15, -0.1) is 0 Å². The summed E-state index contributed by atoms with van der Waals surface area (Å²) in [4.78, 5) is 12.3. The smallest absolute Gasteiger partial charge is 0.255 e. The second-order valence-corrected chi connectivity index (χ2v) is 5.83. The number of anilines is 1. The Morgan fingerprint density at radius 3 is 2.64 bits per heavy atom. The van der Waals surface area contributed by atoms with E-state index >= 15 is 0 Å². The van der Waals surface area contributed by atoms with Crippen molar-refractivity contribution >= 4 is 11.6 Å². The van der Waals surface area contributed by atoms with Crippen LogP contribution in [0.15, 0.2) is 48.5 Å². The minimum Gasteiger partial charge on any atom is -0.494 e. The zero-order valence-corrected chi connectivity index (χ0v) is 13.4. The molecule has 0 saturated carbocycles. The molecule has 2 rings (SSSR count). The summed E-state index contributed by atoms with van der Waals surface area (Å²) in [6.07, 6.45) is 1.01. The third-order valence-electron chi connectivity index (χ3n) is 3.45. The zero-order chi connectivity index (χ0) is 15.9. The van der Waals surface area contributed by atoms with E-state index in [1.54, 1.807) is 0 Å². The van der Waals surface area contributed by atoms with Gasteiger partial charge in [-0.1, -0.05) is 38.1 Å². The number of amides is 1. The first-order valence-corrected chi connectivity index (χ1v) is 7.66. The molecule has 116 valence electrons. The molecule has 0 unspecified atom stereocenters. The minimum atomic E-state index is -0.0996. The second kappa shape index (κ2) is 7.64. The van der Waals surface area contributed by atoms with E-state index < -0.39 is 0 Å². The summed E-state index contributed by atoms with van der Waals surface area (Å²) in [7, 11) is 0.